The fraction of sp³-hybridized carbons (Fsp3) is 0.636. The van der Waals surface area contributed by atoms with Gasteiger partial charge in [0.25, 0.3) is 0 Å². The van der Waals surface area contributed by atoms with Crippen molar-refractivity contribution in [3.05, 3.63) is 23.8 Å². The lowest BCUT2D eigenvalue weighted by molar-refractivity contribution is -0.126. The van der Waals surface area contributed by atoms with Gasteiger partial charge in [-0.05, 0) is 55.4 Å². The Kier molecular flexibility index (Phi) is 7.18. The minimum Gasteiger partial charge on any atom is -0.493 e. The highest BCUT2D eigenvalue weighted by Gasteiger charge is 2.31. The van der Waals surface area contributed by atoms with Crippen LogP contribution in [0.2, 0.25) is 0 Å². The summed E-state index contributed by atoms with van der Waals surface area (Å²) in [5, 5.41) is 9.74. The molecule has 3 rings (SSSR count). The van der Waals surface area contributed by atoms with Crippen LogP contribution in [0.3, 0.4) is 0 Å². The van der Waals surface area contributed by atoms with E-state index >= 15 is 0 Å². The number of benzene rings is 1. The summed E-state index contributed by atoms with van der Waals surface area (Å²) >= 11 is 0. The van der Waals surface area contributed by atoms with Crippen LogP contribution in [0.5, 0.6) is 11.5 Å². The first kappa shape index (κ1) is 20.5. The molecule has 1 aliphatic carbocycles. The van der Waals surface area contributed by atoms with Gasteiger partial charge in [0.15, 0.2) is 11.5 Å². The van der Waals surface area contributed by atoms with Crippen LogP contribution in [-0.2, 0) is 4.79 Å². The van der Waals surface area contributed by atoms with E-state index in [1.807, 2.05) is 29.4 Å². The molecule has 1 aromatic carbocycles. The van der Waals surface area contributed by atoms with Crippen LogP contribution in [0.15, 0.2) is 23.3 Å². The first-order valence-electron chi connectivity index (χ1n) is 10.5. The molecular formula is C22H33N3O3. The number of methoxy groups -OCH3 is 1. The van der Waals surface area contributed by atoms with Crippen molar-refractivity contribution in [3.63, 3.8) is 0 Å². The highest BCUT2D eigenvalue weighted by atomic mass is 16.5. The summed E-state index contributed by atoms with van der Waals surface area (Å²) in [7, 11) is 1.64. The summed E-state index contributed by atoms with van der Waals surface area (Å²) in [6, 6.07) is 5.97. The Hall–Kier alpha value is -2.24. The van der Waals surface area contributed by atoms with Crippen LogP contribution >= 0.6 is 0 Å². The van der Waals surface area contributed by atoms with E-state index in [0.717, 1.165) is 43.5 Å². The predicted molar refractivity (Wildman–Crippen MR) is 111 cm³/mol. The van der Waals surface area contributed by atoms with Gasteiger partial charge in [-0.3, -0.25) is 9.80 Å². The van der Waals surface area contributed by atoms with Crippen molar-refractivity contribution in [2.75, 3.05) is 20.3 Å². The highest BCUT2D eigenvalue weighted by Crippen LogP contribution is 2.28. The standard InChI is InChI=1S/C22H33N3O3/c1-16(2)15-28-21-13-17(10-11-20(21)27-3)14-23-25-12-6-9-19(25)22(26)24-18-7-4-5-8-18/h10-11,13-14,16,18-19H,4-9,12,15H2,1-3H3,(H,24,26)/b23-14+. The molecule has 1 heterocycles. The number of hydrogen-bond acceptors (Lipinski definition) is 5. The molecule has 28 heavy (non-hydrogen) atoms. The van der Waals surface area contributed by atoms with E-state index in [0.29, 0.717) is 24.3 Å². The van der Waals surface area contributed by atoms with Gasteiger partial charge in [0.1, 0.15) is 6.04 Å². The van der Waals surface area contributed by atoms with Crippen molar-refractivity contribution >= 4 is 12.1 Å². The minimum atomic E-state index is -0.160. The van der Waals surface area contributed by atoms with Gasteiger partial charge in [-0.2, -0.15) is 5.10 Å². The van der Waals surface area contributed by atoms with Crippen molar-refractivity contribution in [2.24, 2.45) is 11.0 Å². The van der Waals surface area contributed by atoms with Gasteiger partial charge in [-0.15, -0.1) is 0 Å². The van der Waals surface area contributed by atoms with E-state index < -0.39 is 0 Å². The lowest BCUT2D eigenvalue weighted by Crippen LogP contribution is -2.44. The van der Waals surface area contributed by atoms with Crippen molar-refractivity contribution in [2.45, 2.75) is 64.5 Å². The molecule has 0 bridgehead atoms. The quantitative estimate of drug-likeness (QED) is 0.693. The molecule has 6 heteroatoms. The molecule has 1 unspecified atom stereocenters. The van der Waals surface area contributed by atoms with E-state index in [9.17, 15) is 4.79 Å². The van der Waals surface area contributed by atoms with Gasteiger partial charge in [0.2, 0.25) is 5.91 Å². The Morgan fingerprint density at radius 3 is 2.75 bits per heavy atom. The van der Waals surface area contributed by atoms with E-state index in [1.165, 1.54) is 12.8 Å². The summed E-state index contributed by atoms with van der Waals surface area (Å²) in [6.07, 6.45) is 8.31. The summed E-state index contributed by atoms with van der Waals surface area (Å²) in [5.41, 5.74) is 0.932. The SMILES string of the molecule is COc1ccc(/C=N/N2CCCC2C(=O)NC2CCCC2)cc1OCC(C)C. The summed E-state index contributed by atoms with van der Waals surface area (Å²) in [5.74, 6) is 1.99. The summed E-state index contributed by atoms with van der Waals surface area (Å²) < 4.78 is 11.3. The van der Waals surface area contributed by atoms with Crippen molar-refractivity contribution < 1.29 is 14.3 Å². The summed E-state index contributed by atoms with van der Waals surface area (Å²) in [6.45, 7) is 5.67. The molecule has 1 aromatic rings. The number of carbonyl (C=O) groups is 1. The zero-order valence-corrected chi connectivity index (χ0v) is 17.3. The Labute approximate surface area is 168 Å². The third-order valence-electron chi connectivity index (χ3n) is 5.34. The lowest BCUT2D eigenvalue weighted by Gasteiger charge is -2.22. The lowest BCUT2D eigenvalue weighted by atomic mass is 10.2. The van der Waals surface area contributed by atoms with Gasteiger partial charge >= 0.3 is 0 Å². The van der Waals surface area contributed by atoms with Crippen LogP contribution in [0.25, 0.3) is 0 Å². The maximum absolute atomic E-state index is 12.6. The Balaban J connectivity index is 1.64. The van der Waals surface area contributed by atoms with E-state index in [4.69, 9.17) is 9.47 Å². The number of nitrogens with zero attached hydrogens (tertiary/aromatic N) is 2. The molecule has 2 fully saturated rings. The monoisotopic (exact) mass is 387 g/mol. The van der Waals surface area contributed by atoms with Crippen molar-refractivity contribution in [1.29, 1.82) is 0 Å². The van der Waals surface area contributed by atoms with Crippen LogP contribution in [0, 0.1) is 5.92 Å². The maximum atomic E-state index is 12.6. The first-order chi connectivity index (χ1) is 13.6. The number of ether oxygens (including phenoxy) is 2. The molecule has 1 N–H and O–H groups in total. The number of nitrogens with one attached hydrogen (secondary N) is 1. The molecule has 1 aliphatic heterocycles. The molecule has 1 amide bonds. The average molecular weight is 388 g/mol. The Morgan fingerprint density at radius 2 is 2.04 bits per heavy atom. The zero-order chi connectivity index (χ0) is 19.9. The number of carbonyl (C=O) groups excluding carboxylic acids is 1. The van der Waals surface area contributed by atoms with Crippen molar-refractivity contribution in [1.82, 2.24) is 10.3 Å². The normalized spacial score (nSPS) is 20.3. The molecule has 0 spiro atoms. The van der Waals surface area contributed by atoms with Crippen LogP contribution in [0.4, 0.5) is 0 Å². The van der Waals surface area contributed by atoms with E-state index in [2.05, 4.69) is 24.3 Å². The van der Waals surface area contributed by atoms with Gasteiger partial charge in [-0.25, -0.2) is 0 Å². The summed E-state index contributed by atoms with van der Waals surface area (Å²) in [4.78, 5) is 12.6. The van der Waals surface area contributed by atoms with E-state index in [1.54, 1.807) is 7.11 Å². The largest absolute Gasteiger partial charge is 0.493 e. The van der Waals surface area contributed by atoms with Crippen LogP contribution in [0.1, 0.15) is 57.9 Å². The molecule has 1 saturated carbocycles. The smallest absolute Gasteiger partial charge is 0.244 e. The maximum Gasteiger partial charge on any atom is 0.244 e. The zero-order valence-electron chi connectivity index (χ0n) is 17.3. The third kappa shape index (κ3) is 5.40. The minimum absolute atomic E-state index is 0.122. The molecule has 154 valence electrons. The second-order valence-electron chi connectivity index (χ2n) is 8.17. The fourth-order valence-electron chi connectivity index (χ4n) is 3.81. The Morgan fingerprint density at radius 1 is 1.25 bits per heavy atom. The topological polar surface area (TPSA) is 63.2 Å². The van der Waals surface area contributed by atoms with Gasteiger partial charge in [-0.1, -0.05) is 26.7 Å². The molecule has 0 aromatic heterocycles. The number of rotatable bonds is 8. The van der Waals surface area contributed by atoms with Gasteiger partial charge in [0.05, 0.1) is 19.9 Å². The molecule has 1 atom stereocenters. The van der Waals surface area contributed by atoms with Crippen molar-refractivity contribution in [3.8, 4) is 11.5 Å². The predicted octanol–water partition coefficient (Wildman–Crippen LogP) is 3.59. The highest BCUT2D eigenvalue weighted by molar-refractivity contribution is 5.83. The fourth-order valence-corrected chi connectivity index (χ4v) is 3.81. The molecule has 0 radical (unpaired) electrons. The van der Waals surface area contributed by atoms with E-state index in [-0.39, 0.29) is 11.9 Å². The first-order valence-corrected chi connectivity index (χ1v) is 10.5. The average Bonchev–Trinajstić information content (AvgIpc) is 3.36. The molecular weight excluding hydrogens is 354 g/mol. The Bertz CT molecular complexity index is 684. The second-order valence-corrected chi connectivity index (χ2v) is 8.17. The number of hydrazone groups is 1. The molecule has 1 saturated heterocycles. The number of amides is 1. The van der Waals surface area contributed by atoms with Gasteiger partial charge < -0.3 is 14.8 Å². The second kappa shape index (κ2) is 9.80. The molecule has 6 nitrogen and oxygen atoms in total. The molecule has 2 aliphatic rings. The van der Waals surface area contributed by atoms with Gasteiger partial charge in [0, 0.05) is 12.6 Å². The third-order valence-corrected chi connectivity index (χ3v) is 5.34. The number of hydrogen-bond donors (Lipinski definition) is 1. The van der Waals surface area contributed by atoms with Crippen LogP contribution in [-0.4, -0.2) is 49.5 Å². The van der Waals surface area contributed by atoms with Crippen LogP contribution < -0.4 is 14.8 Å².